The average Bonchev–Trinajstić information content (AvgIpc) is 1.87. The Morgan fingerprint density at radius 1 is 1.09 bits per heavy atom. The molecule has 0 rings (SSSR count). The van der Waals surface area contributed by atoms with Crippen LogP contribution in [0.4, 0.5) is 0 Å². The molecule has 67 valence electrons. The fourth-order valence-corrected chi connectivity index (χ4v) is 1.39. The van der Waals surface area contributed by atoms with Crippen molar-refractivity contribution < 1.29 is 0 Å². The summed E-state index contributed by atoms with van der Waals surface area (Å²) in [6.07, 6.45) is 3.44. The minimum Gasteiger partial charge on any atom is -0.299 e. The highest BCUT2D eigenvalue weighted by Gasteiger charge is 2.11. The molecule has 0 heterocycles. The second kappa shape index (κ2) is 5.59. The maximum absolute atomic E-state index is 2.51. The lowest BCUT2D eigenvalue weighted by molar-refractivity contribution is 0.177. The smallest absolute Gasteiger partial charge is 0.00412 e. The van der Waals surface area contributed by atoms with E-state index in [1.807, 2.05) is 0 Å². The molecule has 0 saturated heterocycles. The summed E-state index contributed by atoms with van der Waals surface area (Å²) in [5.41, 5.74) is 0. The highest BCUT2D eigenvalue weighted by atomic mass is 15.2. The van der Waals surface area contributed by atoms with Gasteiger partial charge >= 0.3 is 0 Å². The Morgan fingerprint density at radius 3 is 1.82 bits per heavy atom. The molecule has 0 bridgehead atoms. The average molecular weight is 156 g/mol. The van der Waals surface area contributed by atoms with E-state index >= 15 is 0 Å². The first kappa shape index (κ1) is 11.0. The standard InChI is InChI=1S/C10H22N/c1-6-7-8-11(9(2)3)10(4)5/h6,9-10H,7-8H2,1-5H3. The SMILES string of the molecule is C[CH]CCN(C(C)C)C(C)C. The van der Waals surface area contributed by atoms with E-state index in [0.717, 1.165) is 0 Å². The topological polar surface area (TPSA) is 3.24 Å². The number of nitrogens with zero attached hydrogens (tertiary/aromatic N) is 1. The molecule has 0 aliphatic carbocycles. The number of hydrogen-bond acceptors (Lipinski definition) is 1. The van der Waals surface area contributed by atoms with E-state index in [0.29, 0.717) is 12.1 Å². The van der Waals surface area contributed by atoms with Gasteiger partial charge in [0.25, 0.3) is 0 Å². The summed E-state index contributed by atoms with van der Waals surface area (Å²) in [6.45, 7) is 12.4. The summed E-state index contributed by atoms with van der Waals surface area (Å²) in [4.78, 5) is 2.51. The fraction of sp³-hybridized carbons (Fsp3) is 0.900. The normalized spacial score (nSPS) is 12.0. The molecule has 1 heteroatoms. The van der Waals surface area contributed by atoms with Gasteiger partial charge in [0.05, 0.1) is 0 Å². The molecule has 0 aromatic rings. The highest BCUT2D eigenvalue weighted by molar-refractivity contribution is 4.69. The molecule has 0 aliphatic heterocycles. The van der Waals surface area contributed by atoms with Gasteiger partial charge in [-0.1, -0.05) is 6.92 Å². The molecule has 0 aromatic carbocycles. The van der Waals surface area contributed by atoms with Crippen molar-refractivity contribution >= 4 is 0 Å². The van der Waals surface area contributed by atoms with Crippen molar-refractivity contribution in [3.8, 4) is 0 Å². The second-order valence-electron chi connectivity index (χ2n) is 3.62. The van der Waals surface area contributed by atoms with Gasteiger partial charge < -0.3 is 0 Å². The van der Waals surface area contributed by atoms with Crippen molar-refractivity contribution in [3.05, 3.63) is 6.42 Å². The maximum atomic E-state index is 2.51. The first-order valence-electron chi connectivity index (χ1n) is 4.63. The van der Waals surface area contributed by atoms with Crippen LogP contribution in [0.2, 0.25) is 0 Å². The Hall–Kier alpha value is -0.0400. The lowest BCUT2D eigenvalue weighted by Gasteiger charge is -2.30. The molecule has 0 saturated carbocycles. The van der Waals surface area contributed by atoms with Crippen LogP contribution in [-0.2, 0) is 0 Å². The molecular formula is C10H22N. The summed E-state index contributed by atoms with van der Waals surface area (Å²) >= 11 is 0. The summed E-state index contributed by atoms with van der Waals surface area (Å²) in [6, 6.07) is 1.35. The van der Waals surface area contributed by atoms with Gasteiger partial charge in [0.1, 0.15) is 0 Å². The summed E-state index contributed by atoms with van der Waals surface area (Å²) in [7, 11) is 0. The van der Waals surface area contributed by atoms with Crippen molar-refractivity contribution in [2.75, 3.05) is 6.54 Å². The summed E-state index contributed by atoms with van der Waals surface area (Å²) < 4.78 is 0. The van der Waals surface area contributed by atoms with Crippen LogP contribution in [0.1, 0.15) is 41.0 Å². The molecule has 0 aliphatic rings. The van der Waals surface area contributed by atoms with E-state index < -0.39 is 0 Å². The Bertz CT molecular complexity index is 78.9. The highest BCUT2D eigenvalue weighted by Crippen LogP contribution is 2.05. The molecule has 0 unspecified atom stereocenters. The van der Waals surface area contributed by atoms with Crippen LogP contribution in [0, 0.1) is 6.42 Å². The van der Waals surface area contributed by atoms with Crippen LogP contribution >= 0.6 is 0 Å². The van der Waals surface area contributed by atoms with Gasteiger partial charge in [-0.05, 0) is 47.1 Å². The third-order valence-corrected chi connectivity index (χ3v) is 2.00. The molecule has 0 aromatic heterocycles. The van der Waals surface area contributed by atoms with Gasteiger partial charge in [-0.3, -0.25) is 4.90 Å². The number of hydrogen-bond donors (Lipinski definition) is 0. The van der Waals surface area contributed by atoms with Gasteiger partial charge in [-0.2, -0.15) is 0 Å². The zero-order valence-electron chi connectivity index (χ0n) is 8.59. The quantitative estimate of drug-likeness (QED) is 0.591. The van der Waals surface area contributed by atoms with Gasteiger partial charge in [0, 0.05) is 12.1 Å². The lowest BCUT2D eigenvalue weighted by atomic mass is 10.2. The molecular weight excluding hydrogens is 134 g/mol. The van der Waals surface area contributed by atoms with Gasteiger partial charge in [-0.15, -0.1) is 0 Å². The van der Waals surface area contributed by atoms with Crippen molar-refractivity contribution in [1.29, 1.82) is 0 Å². The molecule has 11 heavy (non-hydrogen) atoms. The van der Waals surface area contributed by atoms with E-state index in [1.165, 1.54) is 13.0 Å². The van der Waals surface area contributed by atoms with Gasteiger partial charge in [0.2, 0.25) is 0 Å². The number of unbranched alkanes of at least 4 members (excludes halogenated alkanes) is 1. The zero-order chi connectivity index (χ0) is 8.85. The van der Waals surface area contributed by atoms with Crippen LogP contribution in [0.3, 0.4) is 0 Å². The molecule has 0 atom stereocenters. The first-order valence-corrected chi connectivity index (χ1v) is 4.63. The molecule has 1 radical (unpaired) electrons. The Balaban J connectivity index is 3.70. The van der Waals surface area contributed by atoms with Crippen LogP contribution in [0.15, 0.2) is 0 Å². The minimum atomic E-state index is 0.676. The van der Waals surface area contributed by atoms with Crippen molar-refractivity contribution in [3.63, 3.8) is 0 Å². The van der Waals surface area contributed by atoms with Crippen molar-refractivity contribution in [2.24, 2.45) is 0 Å². The second-order valence-corrected chi connectivity index (χ2v) is 3.62. The van der Waals surface area contributed by atoms with Crippen molar-refractivity contribution in [2.45, 2.75) is 53.1 Å². The summed E-state index contributed by atoms with van der Waals surface area (Å²) in [5, 5.41) is 0. The molecule has 0 spiro atoms. The Morgan fingerprint density at radius 2 is 1.55 bits per heavy atom. The zero-order valence-corrected chi connectivity index (χ0v) is 8.59. The predicted molar refractivity (Wildman–Crippen MR) is 51.6 cm³/mol. The van der Waals surface area contributed by atoms with E-state index in [4.69, 9.17) is 0 Å². The monoisotopic (exact) mass is 156 g/mol. The molecule has 0 N–H and O–H groups in total. The van der Waals surface area contributed by atoms with E-state index in [-0.39, 0.29) is 0 Å². The van der Waals surface area contributed by atoms with Crippen LogP contribution in [-0.4, -0.2) is 23.5 Å². The Labute approximate surface area is 71.8 Å². The molecule has 0 amide bonds. The summed E-state index contributed by atoms with van der Waals surface area (Å²) in [5.74, 6) is 0. The maximum Gasteiger partial charge on any atom is 0.00412 e. The van der Waals surface area contributed by atoms with Gasteiger partial charge in [-0.25, -0.2) is 0 Å². The van der Waals surface area contributed by atoms with Crippen LogP contribution in [0.25, 0.3) is 0 Å². The fourth-order valence-electron chi connectivity index (χ4n) is 1.39. The number of rotatable bonds is 5. The van der Waals surface area contributed by atoms with Gasteiger partial charge in [0.15, 0.2) is 0 Å². The molecule has 1 nitrogen and oxygen atoms in total. The molecule has 0 fully saturated rings. The van der Waals surface area contributed by atoms with Crippen molar-refractivity contribution in [1.82, 2.24) is 4.90 Å². The van der Waals surface area contributed by atoms with Crippen LogP contribution in [0.5, 0.6) is 0 Å². The van der Waals surface area contributed by atoms with Crippen LogP contribution < -0.4 is 0 Å². The lowest BCUT2D eigenvalue weighted by Crippen LogP contribution is -2.37. The van der Waals surface area contributed by atoms with E-state index in [2.05, 4.69) is 45.9 Å². The Kier molecular flexibility index (Phi) is 5.57. The van der Waals surface area contributed by atoms with E-state index in [9.17, 15) is 0 Å². The minimum absolute atomic E-state index is 0.676. The third-order valence-electron chi connectivity index (χ3n) is 2.00. The van der Waals surface area contributed by atoms with E-state index in [1.54, 1.807) is 0 Å². The predicted octanol–water partition coefficient (Wildman–Crippen LogP) is 2.72. The third kappa shape index (κ3) is 4.41. The first-order chi connectivity index (χ1) is 5.09. The largest absolute Gasteiger partial charge is 0.299 e.